The summed E-state index contributed by atoms with van der Waals surface area (Å²) in [6, 6.07) is 4.41. The molecule has 0 aliphatic rings. The number of alkyl halides is 1. The molecule has 5 heteroatoms. The van der Waals surface area contributed by atoms with E-state index in [4.69, 9.17) is 16.7 Å². The highest BCUT2D eigenvalue weighted by Crippen LogP contribution is 2.24. The maximum absolute atomic E-state index is 11.7. The molecule has 0 heterocycles. The Balaban J connectivity index is 3.22. The number of Topliss-reactive ketones (excluding diaryl/α,β-unsaturated/α-hetero) is 1. The summed E-state index contributed by atoms with van der Waals surface area (Å²) in [6.07, 6.45) is 1.79. The van der Waals surface area contributed by atoms with Gasteiger partial charge in [-0.2, -0.15) is 0 Å². The van der Waals surface area contributed by atoms with Crippen molar-refractivity contribution in [1.82, 2.24) is 0 Å². The summed E-state index contributed by atoms with van der Waals surface area (Å²) in [5.74, 6) is -1.20. The molecule has 3 nitrogen and oxygen atoms in total. The molecule has 0 aliphatic carbocycles. The SMILES string of the molecule is CSc1cc(C(=O)O)ccc1C(=O)C(C)Cl. The van der Waals surface area contributed by atoms with Crippen LogP contribution < -0.4 is 0 Å². The molecule has 0 spiro atoms. The highest BCUT2D eigenvalue weighted by Gasteiger charge is 2.17. The van der Waals surface area contributed by atoms with Gasteiger partial charge < -0.3 is 5.11 Å². The molecule has 1 aromatic rings. The second kappa shape index (κ2) is 5.37. The van der Waals surface area contributed by atoms with Crippen molar-refractivity contribution in [2.75, 3.05) is 6.26 Å². The smallest absolute Gasteiger partial charge is 0.335 e. The molecule has 0 bridgehead atoms. The van der Waals surface area contributed by atoms with Crippen LogP contribution >= 0.6 is 23.4 Å². The number of rotatable bonds is 4. The maximum atomic E-state index is 11.7. The Hall–Kier alpha value is -1.00. The molecular formula is C11H11ClO3S. The lowest BCUT2D eigenvalue weighted by molar-refractivity contribution is 0.0696. The van der Waals surface area contributed by atoms with Crippen molar-refractivity contribution in [3.05, 3.63) is 29.3 Å². The highest BCUT2D eigenvalue weighted by molar-refractivity contribution is 7.98. The van der Waals surface area contributed by atoms with Crippen molar-refractivity contribution >= 4 is 35.1 Å². The van der Waals surface area contributed by atoms with Crippen molar-refractivity contribution in [3.63, 3.8) is 0 Å². The Kier molecular flexibility index (Phi) is 4.38. The maximum Gasteiger partial charge on any atom is 0.335 e. The van der Waals surface area contributed by atoms with Gasteiger partial charge in [0, 0.05) is 10.5 Å². The lowest BCUT2D eigenvalue weighted by atomic mass is 10.1. The molecule has 16 heavy (non-hydrogen) atoms. The van der Waals surface area contributed by atoms with Gasteiger partial charge in [0.1, 0.15) is 0 Å². The second-order valence-corrected chi connectivity index (χ2v) is 4.70. The Bertz CT molecular complexity index is 429. The normalized spacial score (nSPS) is 12.2. The molecule has 0 amide bonds. The van der Waals surface area contributed by atoms with Crippen LogP contribution in [0.1, 0.15) is 27.6 Å². The first kappa shape index (κ1) is 13.1. The summed E-state index contributed by atoms with van der Waals surface area (Å²) in [7, 11) is 0. The summed E-state index contributed by atoms with van der Waals surface area (Å²) >= 11 is 7.05. The zero-order valence-corrected chi connectivity index (χ0v) is 10.4. The predicted octanol–water partition coefficient (Wildman–Crippen LogP) is 2.92. The summed E-state index contributed by atoms with van der Waals surface area (Å²) < 4.78 is 0. The van der Waals surface area contributed by atoms with E-state index in [-0.39, 0.29) is 11.3 Å². The molecule has 0 fully saturated rings. The third-order valence-corrected chi connectivity index (χ3v) is 3.05. The minimum absolute atomic E-state index is 0.170. The molecule has 0 saturated heterocycles. The number of carboxylic acids is 1. The standard InChI is InChI=1S/C11H11ClO3S/c1-6(12)10(13)8-4-3-7(11(14)15)5-9(8)16-2/h3-6H,1-2H3,(H,14,15). The fourth-order valence-corrected chi connectivity index (χ4v) is 1.99. The van der Waals surface area contributed by atoms with Gasteiger partial charge in [-0.15, -0.1) is 23.4 Å². The van der Waals surface area contributed by atoms with E-state index in [0.717, 1.165) is 0 Å². The Labute approximate surface area is 103 Å². The van der Waals surface area contributed by atoms with Crippen molar-refractivity contribution in [2.45, 2.75) is 17.2 Å². The average molecular weight is 259 g/mol. The number of thioether (sulfide) groups is 1. The molecule has 0 radical (unpaired) electrons. The topological polar surface area (TPSA) is 54.4 Å². The number of hydrogen-bond acceptors (Lipinski definition) is 3. The van der Waals surface area contributed by atoms with Gasteiger partial charge in [-0.1, -0.05) is 0 Å². The summed E-state index contributed by atoms with van der Waals surface area (Å²) in [4.78, 5) is 23.1. The van der Waals surface area contributed by atoms with Gasteiger partial charge >= 0.3 is 5.97 Å². The van der Waals surface area contributed by atoms with Crippen LogP contribution in [0.2, 0.25) is 0 Å². The Morgan fingerprint density at radius 3 is 2.50 bits per heavy atom. The molecule has 1 aromatic carbocycles. The average Bonchev–Trinajstić information content (AvgIpc) is 2.26. The molecule has 1 rings (SSSR count). The lowest BCUT2D eigenvalue weighted by Gasteiger charge is -2.08. The number of ketones is 1. The monoisotopic (exact) mass is 258 g/mol. The van der Waals surface area contributed by atoms with Gasteiger partial charge in [-0.3, -0.25) is 4.79 Å². The van der Waals surface area contributed by atoms with Crippen LogP contribution in [0.5, 0.6) is 0 Å². The van der Waals surface area contributed by atoms with Crippen LogP contribution in [0, 0.1) is 0 Å². The van der Waals surface area contributed by atoms with E-state index in [1.807, 2.05) is 0 Å². The number of benzene rings is 1. The molecule has 1 unspecified atom stereocenters. The third-order valence-electron chi connectivity index (χ3n) is 2.08. The van der Waals surface area contributed by atoms with Gasteiger partial charge in [0.05, 0.1) is 10.9 Å². The van der Waals surface area contributed by atoms with Gasteiger partial charge in [0.25, 0.3) is 0 Å². The van der Waals surface area contributed by atoms with E-state index in [1.165, 1.54) is 30.0 Å². The molecule has 0 aromatic heterocycles. The van der Waals surface area contributed by atoms with Gasteiger partial charge in [-0.25, -0.2) is 4.79 Å². The minimum Gasteiger partial charge on any atom is -0.478 e. The first-order chi connectivity index (χ1) is 7.47. The zero-order chi connectivity index (χ0) is 12.3. The van der Waals surface area contributed by atoms with E-state index < -0.39 is 11.3 Å². The lowest BCUT2D eigenvalue weighted by Crippen LogP contribution is -2.12. The number of aromatic carboxylic acids is 1. The molecule has 1 N–H and O–H groups in total. The largest absolute Gasteiger partial charge is 0.478 e. The first-order valence-corrected chi connectivity index (χ1v) is 6.23. The molecule has 0 saturated carbocycles. The van der Waals surface area contributed by atoms with Gasteiger partial charge in [-0.05, 0) is 31.4 Å². The number of hydrogen-bond donors (Lipinski definition) is 1. The summed E-state index contributed by atoms with van der Waals surface area (Å²) in [5.41, 5.74) is 0.642. The zero-order valence-electron chi connectivity index (χ0n) is 8.86. The van der Waals surface area contributed by atoms with E-state index in [0.29, 0.717) is 10.5 Å². The van der Waals surface area contributed by atoms with E-state index >= 15 is 0 Å². The Morgan fingerprint density at radius 1 is 1.44 bits per heavy atom. The van der Waals surface area contributed by atoms with Crippen molar-refractivity contribution in [3.8, 4) is 0 Å². The number of carboxylic acid groups (broad SMARTS) is 1. The minimum atomic E-state index is -1.01. The first-order valence-electron chi connectivity index (χ1n) is 4.57. The number of carbonyl (C=O) groups is 2. The third kappa shape index (κ3) is 2.77. The van der Waals surface area contributed by atoms with Crippen LogP contribution in [0.4, 0.5) is 0 Å². The summed E-state index contributed by atoms with van der Waals surface area (Å²) in [6.45, 7) is 1.60. The van der Waals surface area contributed by atoms with Gasteiger partial charge in [0.2, 0.25) is 0 Å². The molecule has 86 valence electrons. The molecule has 1 atom stereocenters. The fraction of sp³-hybridized carbons (Fsp3) is 0.273. The van der Waals surface area contributed by atoms with Crippen LogP contribution in [0.25, 0.3) is 0 Å². The van der Waals surface area contributed by atoms with E-state index in [1.54, 1.807) is 13.2 Å². The highest BCUT2D eigenvalue weighted by atomic mass is 35.5. The summed E-state index contributed by atoms with van der Waals surface area (Å²) in [5, 5.41) is 8.21. The fourth-order valence-electron chi connectivity index (χ4n) is 1.24. The molecule has 0 aliphatic heterocycles. The van der Waals surface area contributed by atoms with Crippen molar-refractivity contribution in [1.29, 1.82) is 0 Å². The number of halogens is 1. The van der Waals surface area contributed by atoms with Gasteiger partial charge in [0.15, 0.2) is 5.78 Å². The number of carbonyl (C=O) groups excluding carboxylic acids is 1. The van der Waals surface area contributed by atoms with Crippen LogP contribution in [-0.2, 0) is 0 Å². The predicted molar refractivity (Wildman–Crippen MR) is 64.8 cm³/mol. The van der Waals surface area contributed by atoms with Crippen LogP contribution in [0.3, 0.4) is 0 Å². The van der Waals surface area contributed by atoms with Crippen LogP contribution in [-0.4, -0.2) is 28.5 Å². The second-order valence-electron chi connectivity index (χ2n) is 3.20. The van der Waals surface area contributed by atoms with Crippen molar-refractivity contribution < 1.29 is 14.7 Å². The van der Waals surface area contributed by atoms with E-state index in [9.17, 15) is 9.59 Å². The van der Waals surface area contributed by atoms with E-state index in [2.05, 4.69) is 0 Å². The quantitative estimate of drug-likeness (QED) is 0.513. The Morgan fingerprint density at radius 2 is 2.06 bits per heavy atom. The van der Waals surface area contributed by atoms with Crippen LogP contribution in [0.15, 0.2) is 23.1 Å². The molecular weight excluding hydrogens is 248 g/mol. The van der Waals surface area contributed by atoms with Crippen molar-refractivity contribution in [2.24, 2.45) is 0 Å².